The summed E-state index contributed by atoms with van der Waals surface area (Å²) >= 11 is 12.0. The van der Waals surface area contributed by atoms with E-state index in [1.165, 1.54) is 18.4 Å². The second-order valence-electron chi connectivity index (χ2n) is 6.41. The maximum absolute atomic E-state index is 13.6. The van der Waals surface area contributed by atoms with Crippen molar-refractivity contribution >= 4 is 38.7 Å². The Morgan fingerprint density at radius 1 is 1.18 bits per heavy atom. The van der Waals surface area contributed by atoms with E-state index in [0.29, 0.717) is 33.6 Å². The fourth-order valence-electron chi connectivity index (χ4n) is 2.76. The number of H-pyrrole nitrogens is 1. The molecule has 0 bridgehead atoms. The zero-order chi connectivity index (χ0) is 20.6. The Labute approximate surface area is 172 Å². The number of anilines is 1. The first-order valence-corrected chi connectivity index (χ1v) is 10.9. The molecule has 1 unspecified atom stereocenters. The van der Waals surface area contributed by atoms with Gasteiger partial charge >= 0.3 is 0 Å². The Morgan fingerprint density at radius 2 is 1.89 bits per heavy atom. The molecule has 0 aliphatic rings. The van der Waals surface area contributed by atoms with E-state index >= 15 is 0 Å². The topological polar surface area (TPSA) is 94.5 Å². The average Bonchev–Trinajstić information content (AvgIpc) is 3.00. The Bertz CT molecular complexity index is 1150. The van der Waals surface area contributed by atoms with Gasteiger partial charge in [0.2, 0.25) is 0 Å². The van der Waals surface area contributed by atoms with Crippen molar-refractivity contribution in [3.63, 3.8) is 0 Å². The van der Waals surface area contributed by atoms with Crippen LogP contribution in [0, 0.1) is 24.4 Å². The fourth-order valence-corrected chi connectivity index (χ4v) is 3.96. The number of halogens is 3. The van der Waals surface area contributed by atoms with Crippen molar-refractivity contribution in [3.8, 4) is 0 Å². The fraction of sp³-hybridized carbons (Fsp3) is 0.222. The number of nitrogens with zero attached hydrogens (tertiary/aromatic N) is 2. The first kappa shape index (κ1) is 20.6. The van der Waals surface area contributed by atoms with Crippen LogP contribution in [0.2, 0.25) is 10.0 Å². The number of hydrogen-bond acceptors (Lipinski definition) is 5. The van der Waals surface area contributed by atoms with Crippen molar-refractivity contribution in [1.82, 2.24) is 15.0 Å². The molecule has 2 heterocycles. The van der Waals surface area contributed by atoms with E-state index in [2.05, 4.69) is 20.3 Å². The zero-order valence-electron chi connectivity index (χ0n) is 15.3. The molecule has 28 heavy (non-hydrogen) atoms. The second-order valence-corrected chi connectivity index (χ2v) is 9.30. The maximum atomic E-state index is 13.6. The maximum Gasteiger partial charge on any atom is 0.156 e. The van der Waals surface area contributed by atoms with E-state index in [4.69, 9.17) is 28.0 Å². The van der Waals surface area contributed by atoms with Crippen LogP contribution < -0.4 is 5.32 Å². The van der Waals surface area contributed by atoms with Crippen molar-refractivity contribution in [2.24, 2.45) is 0 Å². The molecule has 2 atom stereocenters. The molecule has 148 valence electrons. The average molecular weight is 442 g/mol. The predicted molar refractivity (Wildman–Crippen MR) is 109 cm³/mol. The van der Waals surface area contributed by atoms with Crippen LogP contribution in [0.1, 0.15) is 28.8 Å². The smallest absolute Gasteiger partial charge is 0.156 e. The first-order chi connectivity index (χ1) is 13.1. The van der Waals surface area contributed by atoms with E-state index < -0.39 is 21.6 Å². The molecule has 0 aliphatic heterocycles. The van der Waals surface area contributed by atoms with Gasteiger partial charge in [-0.2, -0.15) is 0 Å². The lowest BCUT2D eigenvalue weighted by Gasteiger charge is -2.19. The monoisotopic (exact) mass is 441 g/mol. The van der Waals surface area contributed by atoms with Crippen LogP contribution in [0.25, 0.3) is 0 Å². The van der Waals surface area contributed by atoms with E-state index in [1.807, 2.05) is 0 Å². The van der Waals surface area contributed by atoms with E-state index in [1.54, 1.807) is 32.0 Å². The molecule has 1 aromatic carbocycles. The van der Waals surface area contributed by atoms with Crippen LogP contribution in [0.4, 0.5) is 10.2 Å². The molecule has 0 spiro atoms. The van der Waals surface area contributed by atoms with Gasteiger partial charge in [0, 0.05) is 11.9 Å². The second kappa shape index (κ2) is 7.69. The van der Waals surface area contributed by atoms with Crippen molar-refractivity contribution in [2.45, 2.75) is 24.9 Å². The third-order valence-electron chi connectivity index (χ3n) is 4.09. The van der Waals surface area contributed by atoms with Gasteiger partial charge in [-0.3, -0.25) is 0 Å². The number of hydrogen-bond donors (Lipinski definition) is 3. The van der Waals surface area contributed by atoms with Gasteiger partial charge in [0.05, 0.1) is 25.5 Å². The molecule has 2 aromatic heterocycles. The summed E-state index contributed by atoms with van der Waals surface area (Å²) in [7, 11) is -3.02. The lowest BCUT2D eigenvalue weighted by Crippen LogP contribution is -2.15. The summed E-state index contributed by atoms with van der Waals surface area (Å²) in [5.41, 5.74) is 1.79. The van der Waals surface area contributed by atoms with Crippen LogP contribution in [0.15, 0.2) is 35.4 Å². The first-order valence-electron chi connectivity index (χ1n) is 8.21. The summed E-state index contributed by atoms with van der Waals surface area (Å²) in [6.07, 6.45) is 1.31. The molecule has 10 heteroatoms. The van der Waals surface area contributed by atoms with E-state index in [-0.39, 0.29) is 10.0 Å². The summed E-state index contributed by atoms with van der Waals surface area (Å²) < 4.78 is 33.7. The minimum Gasteiger partial charge on any atom is -0.356 e. The Morgan fingerprint density at radius 3 is 2.46 bits per heavy atom. The van der Waals surface area contributed by atoms with E-state index in [0.717, 1.165) is 0 Å². The SMILES string of the molecule is Cc1nc(NC(c2ccc(F)c(Cl)c2)c2nc([S@](C)(=N)=O)c(C)[nH]2)ccc1Cl. The Balaban J connectivity index is 2.11. The summed E-state index contributed by atoms with van der Waals surface area (Å²) in [5.74, 6) is 0.390. The number of aromatic amines is 1. The summed E-state index contributed by atoms with van der Waals surface area (Å²) in [6.45, 7) is 3.47. The van der Waals surface area contributed by atoms with Crippen LogP contribution in [0.3, 0.4) is 0 Å². The predicted octanol–water partition coefficient (Wildman–Crippen LogP) is 5.10. The van der Waals surface area contributed by atoms with Crippen LogP contribution in [-0.2, 0) is 9.73 Å². The third-order valence-corrected chi connectivity index (χ3v) is 5.92. The molecule has 0 amide bonds. The minimum absolute atomic E-state index is 0.0344. The highest BCUT2D eigenvalue weighted by atomic mass is 35.5. The largest absolute Gasteiger partial charge is 0.356 e. The minimum atomic E-state index is -3.02. The molecule has 3 aromatic rings. The number of pyridine rings is 1. The zero-order valence-corrected chi connectivity index (χ0v) is 17.6. The van der Waals surface area contributed by atoms with Crippen molar-refractivity contribution < 1.29 is 8.60 Å². The van der Waals surface area contributed by atoms with Gasteiger partial charge in [-0.15, -0.1) is 0 Å². The molecule has 0 aliphatic carbocycles. The van der Waals surface area contributed by atoms with Gasteiger partial charge in [-0.05, 0) is 43.7 Å². The molecule has 0 fully saturated rings. The highest BCUT2D eigenvalue weighted by Gasteiger charge is 2.23. The number of rotatable bonds is 5. The normalized spacial score (nSPS) is 14.5. The quantitative estimate of drug-likeness (QED) is 0.512. The van der Waals surface area contributed by atoms with Crippen molar-refractivity contribution in [3.05, 3.63) is 69.0 Å². The highest BCUT2D eigenvalue weighted by molar-refractivity contribution is 7.91. The summed E-state index contributed by atoms with van der Waals surface area (Å²) in [4.78, 5) is 11.8. The number of imidazole rings is 1. The Hall–Kier alpha value is -2.16. The summed E-state index contributed by atoms with van der Waals surface area (Å²) in [5, 5.41) is 3.89. The van der Waals surface area contributed by atoms with Gasteiger partial charge < -0.3 is 10.3 Å². The van der Waals surface area contributed by atoms with E-state index in [9.17, 15) is 8.60 Å². The lowest BCUT2D eigenvalue weighted by atomic mass is 10.1. The molecule has 0 saturated heterocycles. The van der Waals surface area contributed by atoms with Crippen molar-refractivity contribution in [1.29, 1.82) is 4.78 Å². The molecule has 3 N–H and O–H groups in total. The molecular weight excluding hydrogens is 424 g/mol. The van der Waals surface area contributed by atoms with Gasteiger partial charge in [-0.25, -0.2) is 23.3 Å². The molecular formula is C18H18Cl2FN5OS. The van der Waals surface area contributed by atoms with Gasteiger partial charge in [0.15, 0.2) is 5.03 Å². The number of aromatic nitrogens is 3. The van der Waals surface area contributed by atoms with Crippen LogP contribution >= 0.6 is 23.2 Å². The standard InChI is InChI=1S/C18H18Cl2FN5OS/c1-9-12(19)5-7-15(23-9)25-16(11-4-6-14(21)13(20)8-11)17-24-10(2)18(26-17)28(3,22)27/h4-8,16,22H,1-3H3,(H,23,25)(H,24,26)/t16?,28-/m1/s1. The number of nitrogens with one attached hydrogen (secondary N) is 3. The molecule has 0 saturated carbocycles. The Kier molecular flexibility index (Phi) is 5.65. The number of aryl methyl sites for hydroxylation is 2. The molecule has 3 rings (SSSR count). The van der Waals surface area contributed by atoms with Gasteiger partial charge in [-0.1, -0.05) is 29.3 Å². The number of benzene rings is 1. The van der Waals surface area contributed by atoms with Crippen LogP contribution in [-0.4, -0.2) is 25.4 Å². The summed E-state index contributed by atoms with van der Waals surface area (Å²) in [6, 6.07) is 7.14. The third kappa shape index (κ3) is 4.29. The van der Waals surface area contributed by atoms with Gasteiger partial charge in [0.1, 0.15) is 23.5 Å². The molecule has 6 nitrogen and oxygen atoms in total. The molecule has 0 radical (unpaired) electrons. The van der Waals surface area contributed by atoms with Crippen molar-refractivity contribution in [2.75, 3.05) is 11.6 Å². The van der Waals surface area contributed by atoms with Crippen LogP contribution in [0.5, 0.6) is 0 Å². The lowest BCUT2D eigenvalue weighted by molar-refractivity contribution is 0.627. The highest BCUT2D eigenvalue weighted by Crippen LogP contribution is 2.29. The van der Waals surface area contributed by atoms with Gasteiger partial charge in [0.25, 0.3) is 0 Å².